The van der Waals surface area contributed by atoms with Gasteiger partial charge in [0.25, 0.3) is 6.01 Å². The molecule has 0 aliphatic carbocycles. The highest BCUT2D eigenvalue weighted by Crippen LogP contribution is 2.43. The van der Waals surface area contributed by atoms with Crippen molar-refractivity contribution in [3.63, 3.8) is 0 Å². The van der Waals surface area contributed by atoms with E-state index in [1.165, 1.54) is 11.3 Å². The quantitative estimate of drug-likeness (QED) is 0.725. The van der Waals surface area contributed by atoms with Crippen LogP contribution < -0.4 is 10.2 Å². The number of alkyl halides is 3. The van der Waals surface area contributed by atoms with Gasteiger partial charge in [-0.05, 0) is 24.5 Å². The van der Waals surface area contributed by atoms with E-state index >= 15 is 0 Å². The van der Waals surface area contributed by atoms with Gasteiger partial charge in [0.1, 0.15) is 10.5 Å². The van der Waals surface area contributed by atoms with Crippen LogP contribution in [-0.2, 0) is 12.6 Å². The molecular formula is C18H17F3N4OS. The molecule has 1 aromatic carbocycles. The van der Waals surface area contributed by atoms with E-state index in [1.807, 2.05) is 4.90 Å². The van der Waals surface area contributed by atoms with E-state index in [4.69, 9.17) is 4.42 Å². The standard InChI is InChI=1S/C18H17F3N4OS/c1-2-9-5-12(16-22-3-4-27-16)15-14(13(9)18(19,20)21)24-17(26-15)25-7-10-6-11(8-25)23-10/h3-5,10-11,23H,2,6-8H2,1H3. The number of halogens is 3. The molecule has 0 saturated carbocycles. The number of aryl methyl sites for hydroxylation is 1. The van der Waals surface area contributed by atoms with Gasteiger partial charge in [0.05, 0.1) is 11.1 Å². The molecule has 2 atom stereocenters. The zero-order valence-corrected chi connectivity index (χ0v) is 15.3. The lowest BCUT2D eigenvalue weighted by Gasteiger charge is -2.47. The maximum atomic E-state index is 13.8. The Hall–Kier alpha value is -2.13. The summed E-state index contributed by atoms with van der Waals surface area (Å²) in [5, 5.41) is 5.83. The molecule has 2 aromatic heterocycles. The minimum atomic E-state index is -4.50. The molecule has 3 aliphatic rings. The Morgan fingerprint density at radius 1 is 1.33 bits per heavy atom. The van der Waals surface area contributed by atoms with E-state index in [-0.39, 0.29) is 29.1 Å². The Labute approximate surface area is 157 Å². The molecule has 2 unspecified atom stereocenters. The molecule has 5 heterocycles. The molecule has 6 rings (SSSR count). The fourth-order valence-corrected chi connectivity index (χ4v) is 4.69. The van der Waals surface area contributed by atoms with E-state index in [2.05, 4.69) is 15.3 Å². The van der Waals surface area contributed by atoms with Gasteiger partial charge in [-0.25, -0.2) is 4.98 Å². The maximum Gasteiger partial charge on any atom is 0.418 e. The Morgan fingerprint density at radius 3 is 2.67 bits per heavy atom. The lowest BCUT2D eigenvalue weighted by atomic mass is 9.92. The number of fused-ring (bicyclic) bond motifs is 3. The van der Waals surface area contributed by atoms with Gasteiger partial charge in [-0.3, -0.25) is 0 Å². The monoisotopic (exact) mass is 394 g/mol. The number of hydrogen-bond donors (Lipinski definition) is 1. The van der Waals surface area contributed by atoms with Crippen LogP contribution in [0.15, 0.2) is 22.1 Å². The topological polar surface area (TPSA) is 54.2 Å². The molecule has 3 saturated heterocycles. The smallest absolute Gasteiger partial charge is 0.418 e. The number of rotatable bonds is 3. The minimum Gasteiger partial charge on any atom is -0.423 e. The summed E-state index contributed by atoms with van der Waals surface area (Å²) in [5.41, 5.74) is 0.133. The maximum absolute atomic E-state index is 13.8. The summed E-state index contributed by atoms with van der Waals surface area (Å²) in [6, 6.07) is 2.52. The lowest BCUT2D eigenvalue weighted by molar-refractivity contribution is -0.137. The average molecular weight is 394 g/mol. The first-order valence-electron chi connectivity index (χ1n) is 8.88. The Morgan fingerprint density at radius 2 is 2.07 bits per heavy atom. The number of benzene rings is 1. The van der Waals surface area contributed by atoms with Gasteiger partial charge in [0.2, 0.25) is 0 Å². The molecular weight excluding hydrogens is 377 g/mol. The van der Waals surface area contributed by atoms with Gasteiger partial charge in [-0.15, -0.1) is 11.3 Å². The lowest BCUT2D eigenvalue weighted by Crippen LogP contribution is -2.67. The van der Waals surface area contributed by atoms with Crippen molar-refractivity contribution in [1.82, 2.24) is 15.3 Å². The number of anilines is 1. The van der Waals surface area contributed by atoms with Gasteiger partial charge in [0, 0.05) is 36.8 Å². The second kappa shape index (κ2) is 5.93. The largest absolute Gasteiger partial charge is 0.423 e. The van der Waals surface area contributed by atoms with Crippen molar-refractivity contribution in [1.29, 1.82) is 0 Å². The van der Waals surface area contributed by atoms with Gasteiger partial charge in [-0.1, -0.05) is 6.92 Å². The molecule has 3 aliphatic heterocycles. The zero-order chi connectivity index (χ0) is 18.8. The fourth-order valence-electron chi connectivity index (χ4n) is 4.04. The normalized spacial score (nSPS) is 22.3. The Kier molecular flexibility index (Phi) is 3.74. The SMILES string of the molecule is CCc1cc(-c2nccs2)c2oc(N3CC4CC(C3)N4)nc2c1C(F)(F)F. The van der Waals surface area contributed by atoms with E-state index < -0.39 is 11.7 Å². The van der Waals surface area contributed by atoms with Crippen molar-refractivity contribution in [3.8, 4) is 10.6 Å². The highest BCUT2D eigenvalue weighted by Gasteiger charge is 2.41. The zero-order valence-electron chi connectivity index (χ0n) is 14.5. The number of aromatic nitrogens is 2. The number of oxazole rings is 1. The molecule has 0 amide bonds. The molecule has 0 radical (unpaired) electrons. The third-order valence-corrected chi connectivity index (χ3v) is 6.06. The highest BCUT2D eigenvalue weighted by atomic mass is 32.1. The fraction of sp³-hybridized carbons (Fsp3) is 0.444. The Balaban J connectivity index is 1.73. The van der Waals surface area contributed by atoms with E-state index in [0.29, 0.717) is 35.7 Å². The van der Waals surface area contributed by atoms with Gasteiger partial charge < -0.3 is 14.6 Å². The van der Waals surface area contributed by atoms with Crippen molar-refractivity contribution >= 4 is 28.5 Å². The van der Waals surface area contributed by atoms with Crippen LogP contribution in [0.3, 0.4) is 0 Å². The van der Waals surface area contributed by atoms with Crippen LogP contribution in [0, 0.1) is 0 Å². The first-order chi connectivity index (χ1) is 12.9. The second-order valence-electron chi connectivity index (χ2n) is 7.02. The molecule has 27 heavy (non-hydrogen) atoms. The van der Waals surface area contributed by atoms with E-state index in [0.717, 1.165) is 6.42 Å². The van der Waals surface area contributed by atoms with Crippen LogP contribution in [-0.4, -0.2) is 35.1 Å². The van der Waals surface area contributed by atoms with Crippen LogP contribution in [0.1, 0.15) is 24.5 Å². The molecule has 5 nitrogen and oxygen atoms in total. The predicted octanol–water partition coefficient (Wildman–Crippen LogP) is 4.08. The Bertz CT molecular complexity index is 982. The van der Waals surface area contributed by atoms with Crippen molar-refractivity contribution in [2.45, 2.75) is 38.0 Å². The molecule has 0 spiro atoms. The number of nitrogens with one attached hydrogen (secondary N) is 1. The van der Waals surface area contributed by atoms with Crippen molar-refractivity contribution in [3.05, 3.63) is 28.8 Å². The van der Waals surface area contributed by atoms with Crippen molar-refractivity contribution in [2.24, 2.45) is 0 Å². The molecule has 142 valence electrons. The van der Waals surface area contributed by atoms with Gasteiger partial charge >= 0.3 is 6.18 Å². The van der Waals surface area contributed by atoms with Gasteiger partial charge in [-0.2, -0.15) is 18.2 Å². The van der Waals surface area contributed by atoms with Crippen molar-refractivity contribution in [2.75, 3.05) is 18.0 Å². The molecule has 3 fully saturated rings. The van der Waals surface area contributed by atoms with Crippen LogP contribution in [0.4, 0.5) is 19.2 Å². The summed E-state index contributed by atoms with van der Waals surface area (Å²) in [5.74, 6) is 0. The van der Waals surface area contributed by atoms with Crippen LogP contribution in [0.5, 0.6) is 0 Å². The molecule has 1 N–H and O–H groups in total. The van der Waals surface area contributed by atoms with E-state index in [1.54, 1.807) is 24.6 Å². The number of nitrogens with zero attached hydrogens (tertiary/aromatic N) is 3. The molecule has 3 aromatic rings. The van der Waals surface area contributed by atoms with Gasteiger partial charge in [0.15, 0.2) is 5.58 Å². The highest BCUT2D eigenvalue weighted by molar-refractivity contribution is 7.13. The summed E-state index contributed by atoms with van der Waals surface area (Å²) in [6.45, 7) is 3.10. The number of hydrogen-bond acceptors (Lipinski definition) is 6. The van der Waals surface area contributed by atoms with Crippen LogP contribution in [0.25, 0.3) is 21.7 Å². The summed E-state index contributed by atoms with van der Waals surface area (Å²) in [6.07, 6.45) is -1.51. The summed E-state index contributed by atoms with van der Waals surface area (Å²) < 4.78 is 47.4. The number of piperazine rings is 1. The second-order valence-corrected chi connectivity index (χ2v) is 7.92. The number of piperidine rings is 1. The average Bonchev–Trinajstić information content (AvgIpc) is 3.28. The minimum absolute atomic E-state index is 0.116. The third kappa shape index (κ3) is 2.71. The first kappa shape index (κ1) is 17.0. The number of thiazole rings is 1. The molecule has 9 heteroatoms. The van der Waals surface area contributed by atoms with Crippen molar-refractivity contribution < 1.29 is 17.6 Å². The summed E-state index contributed by atoms with van der Waals surface area (Å²) in [4.78, 5) is 10.5. The summed E-state index contributed by atoms with van der Waals surface area (Å²) in [7, 11) is 0. The third-order valence-electron chi connectivity index (χ3n) is 5.26. The predicted molar refractivity (Wildman–Crippen MR) is 97.0 cm³/mol. The molecule has 2 bridgehead atoms. The first-order valence-corrected chi connectivity index (χ1v) is 9.76. The van der Waals surface area contributed by atoms with E-state index in [9.17, 15) is 13.2 Å². The van der Waals surface area contributed by atoms with Crippen LogP contribution in [0.2, 0.25) is 0 Å². The van der Waals surface area contributed by atoms with Crippen LogP contribution >= 0.6 is 11.3 Å². The summed E-state index contributed by atoms with van der Waals surface area (Å²) >= 11 is 1.37.